The second kappa shape index (κ2) is 12.6. The highest BCUT2D eigenvalue weighted by Gasteiger charge is 2.50. The van der Waals surface area contributed by atoms with Crippen LogP contribution < -0.4 is 25.2 Å². The van der Waals surface area contributed by atoms with Crippen LogP contribution in [0.5, 0.6) is 5.75 Å². The van der Waals surface area contributed by atoms with Gasteiger partial charge >= 0.3 is 6.18 Å². The number of benzene rings is 1. The summed E-state index contributed by atoms with van der Waals surface area (Å²) in [5, 5.41) is 5.09. The van der Waals surface area contributed by atoms with E-state index in [0.717, 1.165) is 0 Å². The molecule has 10 nitrogen and oxygen atoms in total. The van der Waals surface area contributed by atoms with Gasteiger partial charge in [-0.15, -0.1) is 0 Å². The summed E-state index contributed by atoms with van der Waals surface area (Å²) in [7, 11) is 3.52. The van der Waals surface area contributed by atoms with Crippen LogP contribution >= 0.6 is 0 Å². The summed E-state index contributed by atoms with van der Waals surface area (Å²) in [6.07, 6.45) is 0.00820. The Morgan fingerprint density at radius 1 is 1.11 bits per heavy atom. The SMILES string of the molecule is COc1cnc(N2CCC=C(c3cc(NC(=O)C4CNC(=O)CC4C(F)(F)F)c(N4C[C@@H](C)N(C)[C@@H](C)C4)cc3F)C2)nc1. The van der Waals surface area contributed by atoms with Gasteiger partial charge in [0.25, 0.3) is 0 Å². The Hall–Kier alpha value is -3.94. The van der Waals surface area contributed by atoms with Crippen molar-refractivity contribution < 1.29 is 31.9 Å². The van der Waals surface area contributed by atoms with Gasteiger partial charge in [-0.05, 0) is 45.0 Å². The second-order valence-electron chi connectivity index (χ2n) is 11.7. The number of hydrogen-bond donors (Lipinski definition) is 2. The van der Waals surface area contributed by atoms with Crippen LogP contribution in [0, 0.1) is 17.7 Å². The number of piperazine rings is 1. The smallest absolute Gasteiger partial charge is 0.393 e. The molecule has 2 saturated heterocycles. The van der Waals surface area contributed by atoms with Gasteiger partial charge in [-0.2, -0.15) is 13.2 Å². The number of amides is 2. The lowest BCUT2D eigenvalue weighted by Gasteiger charge is -2.44. The van der Waals surface area contributed by atoms with Crippen LogP contribution in [0.2, 0.25) is 0 Å². The maximum Gasteiger partial charge on any atom is 0.393 e. The fourth-order valence-electron chi connectivity index (χ4n) is 6.08. The van der Waals surface area contributed by atoms with E-state index >= 15 is 4.39 Å². The van der Waals surface area contributed by atoms with E-state index in [1.165, 1.54) is 19.2 Å². The summed E-state index contributed by atoms with van der Waals surface area (Å²) in [6.45, 7) is 5.56. The number of likely N-dealkylation sites (N-methyl/N-ethyl adjacent to an activating group) is 1. The minimum absolute atomic E-state index is 0.104. The highest BCUT2D eigenvalue weighted by molar-refractivity contribution is 5.98. The van der Waals surface area contributed by atoms with Crippen LogP contribution in [0.1, 0.15) is 32.3 Å². The summed E-state index contributed by atoms with van der Waals surface area (Å²) in [4.78, 5) is 40.0. The van der Waals surface area contributed by atoms with Crippen molar-refractivity contribution in [2.45, 2.75) is 44.9 Å². The lowest BCUT2D eigenvalue weighted by atomic mass is 9.84. The average molecular weight is 620 g/mol. The zero-order valence-electron chi connectivity index (χ0n) is 25.1. The fourth-order valence-corrected chi connectivity index (χ4v) is 6.08. The molecule has 2 unspecified atom stereocenters. The molecule has 2 aromatic rings. The molecule has 0 aliphatic carbocycles. The van der Waals surface area contributed by atoms with Crippen LogP contribution in [0.25, 0.3) is 5.57 Å². The monoisotopic (exact) mass is 619 g/mol. The number of alkyl halides is 3. The lowest BCUT2D eigenvalue weighted by Crippen LogP contribution is -2.55. The Labute approximate surface area is 253 Å². The minimum atomic E-state index is -4.74. The molecule has 2 amide bonds. The van der Waals surface area contributed by atoms with Crippen LogP contribution in [0.3, 0.4) is 0 Å². The number of hydrogen-bond acceptors (Lipinski definition) is 8. The Bertz CT molecular complexity index is 1410. The molecule has 1 aromatic heterocycles. The zero-order valence-corrected chi connectivity index (χ0v) is 25.1. The maximum atomic E-state index is 16.0. The normalized spacial score (nSPS) is 24.9. The standard InChI is InChI=1S/C30H37F4N7O3/c1-17-14-41(15-18(2)39(17)3)26-10-24(31)21(19-6-5-7-40(16-19)29-36-11-20(44-4)12-37-29)8-25(26)38-28(43)22-13-35-27(42)9-23(22)30(32,33)34/h6,8,10-12,17-18,22-23H,5,7,9,13-16H2,1-4H3,(H,35,42)(H,38,43)/t17-,18+,22?,23?. The Morgan fingerprint density at radius 2 is 1.80 bits per heavy atom. The molecule has 14 heteroatoms. The number of piperidine rings is 1. The quantitative estimate of drug-likeness (QED) is 0.473. The average Bonchev–Trinajstić information content (AvgIpc) is 2.99. The van der Waals surface area contributed by atoms with Gasteiger partial charge in [0.05, 0.1) is 42.7 Å². The molecular weight excluding hydrogens is 582 g/mol. The number of carbonyl (C=O) groups is 2. The van der Waals surface area contributed by atoms with Crippen LogP contribution in [-0.4, -0.2) is 91.8 Å². The molecule has 44 heavy (non-hydrogen) atoms. The van der Waals surface area contributed by atoms with E-state index in [0.29, 0.717) is 49.0 Å². The molecule has 0 radical (unpaired) electrons. The van der Waals surface area contributed by atoms with E-state index in [-0.39, 0.29) is 29.9 Å². The van der Waals surface area contributed by atoms with Crippen molar-refractivity contribution in [3.05, 3.63) is 42.0 Å². The third kappa shape index (κ3) is 6.59. The van der Waals surface area contributed by atoms with Crippen molar-refractivity contribution in [2.24, 2.45) is 11.8 Å². The highest BCUT2D eigenvalue weighted by Crippen LogP contribution is 2.39. The van der Waals surface area contributed by atoms with Crippen molar-refractivity contribution in [3.63, 3.8) is 0 Å². The summed E-state index contributed by atoms with van der Waals surface area (Å²) in [6, 6.07) is 3.06. The van der Waals surface area contributed by atoms with E-state index in [1.54, 1.807) is 12.4 Å². The number of nitrogens with one attached hydrogen (secondary N) is 2. The first-order chi connectivity index (χ1) is 20.8. The largest absolute Gasteiger partial charge is 0.494 e. The maximum absolute atomic E-state index is 16.0. The van der Waals surface area contributed by atoms with Gasteiger partial charge in [-0.3, -0.25) is 14.5 Å². The number of carbonyl (C=O) groups excluding carboxylic acids is 2. The summed E-state index contributed by atoms with van der Waals surface area (Å²) in [5.74, 6) is -4.86. The van der Waals surface area contributed by atoms with Crippen LogP contribution in [0.4, 0.5) is 34.9 Å². The van der Waals surface area contributed by atoms with E-state index in [1.807, 2.05) is 36.8 Å². The van der Waals surface area contributed by atoms with Crippen LogP contribution in [0.15, 0.2) is 30.6 Å². The number of rotatable bonds is 6. The first-order valence-electron chi connectivity index (χ1n) is 14.6. The molecule has 4 atom stereocenters. The number of ether oxygens (including phenoxy) is 1. The lowest BCUT2D eigenvalue weighted by molar-refractivity contribution is -0.197. The molecular formula is C30H37F4N7O3. The molecule has 5 rings (SSSR count). The molecule has 0 spiro atoms. The van der Waals surface area contributed by atoms with Gasteiger partial charge in [0, 0.05) is 56.8 Å². The highest BCUT2D eigenvalue weighted by atomic mass is 19.4. The van der Waals surface area contributed by atoms with Gasteiger partial charge in [0.15, 0.2) is 5.75 Å². The molecule has 0 saturated carbocycles. The van der Waals surface area contributed by atoms with Crippen molar-refractivity contribution in [1.82, 2.24) is 20.2 Å². The van der Waals surface area contributed by atoms with Crippen molar-refractivity contribution >= 4 is 34.7 Å². The third-order valence-electron chi connectivity index (χ3n) is 8.84. The molecule has 1 aromatic carbocycles. The number of methoxy groups -OCH3 is 1. The van der Waals surface area contributed by atoms with Crippen molar-refractivity contribution in [3.8, 4) is 5.75 Å². The van der Waals surface area contributed by atoms with Gasteiger partial charge in [0.1, 0.15) is 5.82 Å². The van der Waals surface area contributed by atoms with E-state index in [2.05, 4.69) is 25.5 Å². The first-order valence-corrected chi connectivity index (χ1v) is 14.6. The number of aromatic nitrogens is 2. The Balaban J connectivity index is 1.49. The summed E-state index contributed by atoms with van der Waals surface area (Å²) in [5.41, 5.74) is 1.46. The van der Waals surface area contributed by atoms with E-state index in [9.17, 15) is 22.8 Å². The van der Waals surface area contributed by atoms with Crippen molar-refractivity contribution in [1.29, 1.82) is 0 Å². The van der Waals surface area contributed by atoms with Gasteiger partial charge in [-0.1, -0.05) is 6.08 Å². The Kier molecular flexibility index (Phi) is 9.00. The molecule has 2 N–H and O–H groups in total. The minimum Gasteiger partial charge on any atom is -0.494 e. The molecule has 238 valence electrons. The molecule has 4 heterocycles. The molecule has 2 fully saturated rings. The number of anilines is 3. The van der Waals surface area contributed by atoms with Crippen LogP contribution in [-0.2, 0) is 9.59 Å². The number of nitrogens with zero attached hydrogens (tertiary/aromatic N) is 5. The molecule has 3 aliphatic heterocycles. The number of halogens is 4. The van der Waals surface area contributed by atoms with Gasteiger partial charge < -0.3 is 25.2 Å². The third-order valence-corrected chi connectivity index (χ3v) is 8.84. The summed E-state index contributed by atoms with van der Waals surface area (Å²) < 4.78 is 62.8. The predicted molar refractivity (Wildman–Crippen MR) is 158 cm³/mol. The first kappa shape index (κ1) is 31.5. The van der Waals surface area contributed by atoms with Gasteiger partial charge in [-0.25, -0.2) is 14.4 Å². The summed E-state index contributed by atoms with van der Waals surface area (Å²) >= 11 is 0. The zero-order chi connectivity index (χ0) is 31.8. The van der Waals surface area contributed by atoms with Gasteiger partial charge in [0.2, 0.25) is 17.8 Å². The Morgan fingerprint density at radius 3 is 2.43 bits per heavy atom. The second-order valence-corrected chi connectivity index (χ2v) is 11.7. The molecule has 3 aliphatic rings. The van der Waals surface area contributed by atoms with E-state index < -0.39 is 48.6 Å². The van der Waals surface area contributed by atoms with Crippen molar-refractivity contribution in [2.75, 3.05) is 62.0 Å². The topological polar surface area (TPSA) is 103 Å². The fraction of sp³-hybridized carbons (Fsp3) is 0.533. The predicted octanol–water partition coefficient (Wildman–Crippen LogP) is 3.70. The molecule has 0 bridgehead atoms. The van der Waals surface area contributed by atoms with E-state index in [4.69, 9.17) is 4.74 Å².